The zero-order valence-electron chi connectivity index (χ0n) is 7.44. The van der Waals surface area contributed by atoms with Gasteiger partial charge in [0.1, 0.15) is 17.2 Å². The van der Waals surface area contributed by atoms with E-state index in [2.05, 4.69) is 15.2 Å². The van der Waals surface area contributed by atoms with Gasteiger partial charge in [0.25, 0.3) is 0 Å². The predicted octanol–water partition coefficient (Wildman–Crippen LogP) is 1.31. The average Bonchev–Trinajstić information content (AvgIpc) is 2.68. The van der Waals surface area contributed by atoms with Crippen LogP contribution >= 0.6 is 0 Å². The van der Waals surface area contributed by atoms with E-state index >= 15 is 0 Å². The lowest BCUT2D eigenvalue weighted by Crippen LogP contribution is -1.95. The highest BCUT2D eigenvalue weighted by Crippen LogP contribution is 2.14. The fraction of sp³-hybridized carbons (Fsp3) is 0. The smallest absolute Gasteiger partial charge is 0.353 e. The van der Waals surface area contributed by atoms with Crippen LogP contribution < -0.4 is 0 Å². The number of rotatable bonds is 2. The van der Waals surface area contributed by atoms with Gasteiger partial charge >= 0.3 is 5.97 Å². The third kappa shape index (κ3) is 1.83. The van der Waals surface area contributed by atoms with Crippen molar-refractivity contribution in [1.82, 2.24) is 15.2 Å². The molecule has 0 aliphatic heterocycles. The Morgan fingerprint density at radius 1 is 1.40 bits per heavy atom. The van der Waals surface area contributed by atoms with Crippen molar-refractivity contribution in [1.29, 1.82) is 0 Å². The van der Waals surface area contributed by atoms with Crippen LogP contribution in [-0.4, -0.2) is 26.3 Å². The molecule has 0 radical (unpaired) electrons. The molecule has 0 aromatic carbocycles. The van der Waals surface area contributed by atoms with Crippen LogP contribution in [0.3, 0.4) is 0 Å². The normalized spacial score (nSPS) is 10.2. The van der Waals surface area contributed by atoms with Crippen LogP contribution in [0.15, 0.2) is 24.4 Å². The lowest BCUT2D eigenvalue weighted by molar-refractivity contribution is 0.0690. The molecule has 2 N–H and O–H groups in total. The van der Waals surface area contributed by atoms with E-state index in [1.54, 1.807) is 0 Å². The third-order valence-corrected chi connectivity index (χ3v) is 1.80. The maximum absolute atomic E-state index is 12.6. The molecule has 0 aliphatic rings. The van der Waals surface area contributed by atoms with Crippen molar-refractivity contribution >= 4 is 5.97 Å². The van der Waals surface area contributed by atoms with Gasteiger partial charge in [0.2, 0.25) is 0 Å². The summed E-state index contributed by atoms with van der Waals surface area (Å²) in [5.74, 6) is -1.55. The molecule has 0 amide bonds. The number of H-pyrrole nitrogens is 1. The number of nitrogens with one attached hydrogen (secondary N) is 1. The van der Waals surface area contributed by atoms with Gasteiger partial charge in [0, 0.05) is 6.07 Å². The van der Waals surface area contributed by atoms with Gasteiger partial charge in [-0.1, -0.05) is 0 Å². The fourth-order valence-corrected chi connectivity index (χ4v) is 1.09. The van der Waals surface area contributed by atoms with Gasteiger partial charge in [-0.2, -0.15) is 5.10 Å². The molecular weight excluding hydrogens is 201 g/mol. The minimum absolute atomic E-state index is 0.0314. The van der Waals surface area contributed by atoms with Crippen LogP contribution in [0.5, 0.6) is 0 Å². The summed E-state index contributed by atoms with van der Waals surface area (Å²) in [6.07, 6.45) is 1.05. The average molecular weight is 207 g/mol. The van der Waals surface area contributed by atoms with Crippen molar-refractivity contribution in [2.45, 2.75) is 0 Å². The highest BCUT2D eigenvalue weighted by molar-refractivity contribution is 5.86. The summed E-state index contributed by atoms with van der Waals surface area (Å²) in [4.78, 5) is 14.3. The monoisotopic (exact) mass is 207 g/mol. The van der Waals surface area contributed by atoms with E-state index in [1.165, 1.54) is 18.2 Å². The summed E-state index contributed by atoms with van der Waals surface area (Å²) in [7, 11) is 0. The molecule has 15 heavy (non-hydrogen) atoms. The fourth-order valence-electron chi connectivity index (χ4n) is 1.09. The molecule has 2 aromatic heterocycles. The van der Waals surface area contributed by atoms with Gasteiger partial charge in [-0.15, -0.1) is 0 Å². The van der Waals surface area contributed by atoms with E-state index in [1.807, 2.05) is 0 Å². The number of aromatic carboxylic acids is 1. The Bertz CT molecular complexity index is 492. The van der Waals surface area contributed by atoms with Crippen LogP contribution in [0.2, 0.25) is 0 Å². The molecule has 2 aromatic rings. The maximum Gasteiger partial charge on any atom is 0.353 e. The first kappa shape index (κ1) is 9.32. The Hall–Kier alpha value is -2.24. The van der Waals surface area contributed by atoms with Gasteiger partial charge in [-0.05, 0) is 12.1 Å². The minimum atomic E-state index is -1.10. The zero-order valence-corrected chi connectivity index (χ0v) is 7.44. The lowest BCUT2D eigenvalue weighted by Gasteiger charge is -1.93. The quantitative estimate of drug-likeness (QED) is 0.778. The predicted molar refractivity (Wildman–Crippen MR) is 48.7 cm³/mol. The van der Waals surface area contributed by atoms with E-state index in [9.17, 15) is 9.18 Å². The number of aromatic amines is 1. The summed E-state index contributed by atoms with van der Waals surface area (Å²) in [6, 6.07) is 4.00. The molecule has 6 heteroatoms. The van der Waals surface area contributed by atoms with Crippen molar-refractivity contribution < 1.29 is 14.3 Å². The molecule has 0 spiro atoms. The van der Waals surface area contributed by atoms with Crippen LogP contribution in [-0.2, 0) is 0 Å². The number of carbonyl (C=O) groups is 1. The van der Waals surface area contributed by atoms with Gasteiger partial charge < -0.3 is 5.11 Å². The molecule has 0 saturated carbocycles. The summed E-state index contributed by atoms with van der Waals surface area (Å²) >= 11 is 0. The van der Waals surface area contributed by atoms with Gasteiger partial charge in [0.05, 0.1) is 11.9 Å². The van der Waals surface area contributed by atoms with Gasteiger partial charge in [0.15, 0.2) is 0 Å². The Morgan fingerprint density at radius 3 is 2.73 bits per heavy atom. The molecule has 5 nitrogen and oxygen atoms in total. The Morgan fingerprint density at radius 2 is 2.20 bits per heavy atom. The Labute approximate surface area is 83.6 Å². The number of nitrogens with zero attached hydrogens (tertiary/aromatic N) is 2. The molecule has 0 fully saturated rings. The minimum Gasteiger partial charge on any atom is -0.477 e. The second-order valence-electron chi connectivity index (χ2n) is 2.83. The Balaban J connectivity index is 2.37. The summed E-state index contributed by atoms with van der Waals surface area (Å²) in [5, 5.41) is 14.7. The van der Waals surface area contributed by atoms with Crippen molar-refractivity contribution in [2.75, 3.05) is 0 Å². The lowest BCUT2D eigenvalue weighted by atomic mass is 10.2. The molecule has 2 rings (SSSR count). The van der Waals surface area contributed by atoms with E-state index in [0.717, 1.165) is 6.20 Å². The molecule has 0 saturated heterocycles. The van der Waals surface area contributed by atoms with E-state index in [0.29, 0.717) is 11.4 Å². The van der Waals surface area contributed by atoms with E-state index in [-0.39, 0.29) is 5.69 Å². The Kier molecular flexibility index (Phi) is 2.17. The van der Waals surface area contributed by atoms with Crippen LogP contribution in [0.1, 0.15) is 10.5 Å². The van der Waals surface area contributed by atoms with Crippen LogP contribution in [0, 0.1) is 5.82 Å². The largest absolute Gasteiger partial charge is 0.477 e. The number of carboxylic acid groups (broad SMARTS) is 1. The van der Waals surface area contributed by atoms with E-state index < -0.39 is 11.8 Å². The number of hydrogen-bond acceptors (Lipinski definition) is 3. The molecule has 0 unspecified atom stereocenters. The second kappa shape index (κ2) is 3.49. The van der Waals surface area contributed by atoms with Crippen LogP contribution in [0.4, 0.5) is 4.39 Å². The first-order chi connectivity index (χ1) is 7.16. The zero-order chi connectivity index (χ0) is 10.8. The molecule has 0 bridgehead atoms. The second-order valence-corrected chi connectivity index (χ2v) is 2.83. The first-order valence-corrected chi connectivity index (χ1v) is 4.07. The molecule has 0 atom stereocenters. The highest BCUT2D eigenvalue weighted by atomic mass is 19.1. The van der Waals surface area contributed by atoms with Crippen LogP contribution in [0.25, 0.3) is 11.4 Å². The molecule has 76 valence electrons. The van der Waals surface area contributed by atoms with Crippen molar-refractivity contribution in [3.8, 4) is 11.4 Å². The maximum atomic E-state index is 12.6. The van der Waals surface area contributed by atoms with E-state index in [4.69, 9.17) is 5.11 Å². The standard InChI is InChI=1S/C9H6FN3O2/c10-5-1-2-6(11-4-5)7-3-8(9(14)15)13-12-7/h1-4H,(H,12,13)(H,14,15). The SMILES string of the molecule is O=C(O)c1cc(-c2ccc(F)cn2)n[nH]1. The van der Waals surface area contributed by atoms with Gasteiger partial charge in [-0.3, -0.25) is 10.1 Å². The topological polar surface area (TPSA) is 78.9 Å². The highest BCUT2D eigenvalue weighted by Gasteiger charge is 2.09. The van der Waals surface area contributed by atoms with Gasteiger partial charge in [-0.25, -0.2) is 9.18 Å². The molecule has 2 heterocycles. The number of carboxylic acids is 1. The third-order valence-electron chi connectivity index (χ3n) is 1.80. The molecular formula is C9H6FN3O2. The summed E-state index contributed by atoms with van der Waals surface area (Å²) < 4.78 is 12.6. The summed E-state index contributed by atoms with van der Waals surface area (Å²) in [6.45, 7) is 0. The first-order valence-electron chi connectivity index (χ1n) is 4.07. The summed E-state index contributed by atoms with van der Waals surface area (Å²) in [5.41, 5.74) is 0.753. The number of halogens is 1. The number of pyridine rings is 1. The number of hydrogen-bond donors (Lipinski definition) is 2. The van der Waals surface area contributed by atoms with Crippen molar-refractivity contribution in [3.63, 3.8) is 0 Å². The number of aromatic nitrogens is 3. The molecule has 0 aliphatic carbocycles. The van der Waals surface area contributed by atoms with Crippen molar-refractivity contribution in [2.24, 2.45) is 0 Å². The van der Waals surface area contributed by atoms with Crippen molar-refractivity contribution in [3.05, 3.63) is 35.9 Å².